The second kappa shape index (κ2) is 6.53. The number of ether oxygens (including phenoxy) is 1. The van der Waals surface area contributed by atoms with Gasteiger partial charge in [-0.25, -0.2) is 8.78 Å². The maximum Gasteiger partial charge on any atom is 0.192 e. The average Bonchev–Trinajstić information content (AvgIpc) is 2.24. The van der Waals surface area contributed by atoms with E-state index in [1.165, 1.54) is 12.1 Å². The van der Waals surface area contributed by atoms with Crippen molar-refractivity contribution in [2.24, 2.45) is 0 Å². The quantitative estimate of drug-likeness (QED) is 0.531. The van der Waals surface area contributed by atoms with Gasteiger partial charge in [-0.05, 0) is 30.3 Å². The Morgan fingerprint density at radius 3 is 2.05 bits per heavy atom. The lowest BCUT2D eigenvalue weighted by atomic mass is 10.2. The Labute approximate surface area is 128 Å². The van der Waals surface area contributed by atoms with Crippen molar-refractivity contribution in [3.05, 3.63) is 28.2 Å². The lowest BCUT2D eigenvalue weighted by Gasteiger charge is -2.36. The van der Waals surface area contributed by atoms with Crippen molar-refractivity contribution in [1.82, 2.24) is 0 Å². The number of halogens is 3. The van der Waals surface area contributed by atoms with Crippen LogP contribution >= 0.6 is 15.9 Å². The van der Waals surface area contributed by atoms with Crippen molar-refractivity contribution < 1.29 is 17.9 Å². The van der Waals surface area contributed by atoms with Crippen molar-refractivity contribution in [2.45, 2.75) is 38.9 Å². The first-order valence-electron chi connectivity index (χ1n) is 6.46. The molecule has 0 aliphatic carbocycles. The molecule has 20 heavy (non-hydrogen) atoms. The number of benzene rings is 1. The summed E-state index contributed by atoms with van der Waals surface area (Å²) < 4.78 is 38.4. The van der Waals surface area contributed by atoms with Crippen LogP contribution in [0.2, 0.25) is 18.1 Å². The van der Waals surface area contributed by atoms with Crippen LogP contribution in [0.4, 0.5) is 8.78 Å². The first kappa shape index (κ1) is 17.6. The SMILES string of the molecule is CC(C)(C)[Si](C)(C)OCCOc1c(F)cc(Br)cc1F. The molecule has 1 aromatic rings. The minimum Gasteiger partial charge on any atom is -0.485 e. The lowest BCUT2D eigenvalue weighted by molar-refractivity contribution is 0.193. The topological polar surface area (TPSA) is 18.5 Å². The smallest absolute Gasteiger partial charge is 0.192 e. The van der Waals surface area contributed by atoms with Crippen LogP contribution in [0, 0.1) is 11.6 Å². The second-order valence-electron chi connectivity index (χ2n) is 6.16. The molecule has 0 atom stereocenters. The standard InChI is InChI=1S/C14H21BrF2O2Si/c1-14(2,3)20(4,5)19-7-6-18-13-11(16)8-10(15)9-12(13)17/h8-9H,6-7H2,1-5H3. The highest BCUT2D eigenvalue weighted by atomic mass is 79.9. The Hall–Kier alpha value is -0.463. The summed E-state index contributed by atoms with van der Waals surface area (Å²) in [6.45, 7) is 11.1. The van der Waals surface area contributed by atoms with E-state index in [1.807, 2.05) is 0 Å². The molecular weight excluding hydrogens is 346 g/mol. The molecule has 0 saturated heterocycles. The van der Waals surface area contributed by atoms with Crippen molar-refractivity contribution in [1.29, 1.82) is 0 Å². The Kier molecular flexibility index (Phi) is 5.75. The fourth-order valence-corrected chi connectivity index (χ4v) is 2.75. The summed E-state index contributed by atoms with van der Waals surface area (Å²) in [7, 11) is -1.85. The molecule has 1 rings (SSSR count). The summed E-state index contributed by atoms with van der Waals surface area (Å²) in [5.41, 5.74) is 0. The fraction of sp³-hybridized carbons (Fsp3) is 0.571. The second-order valence-corrected chi connectivity index (χ2v) is 11.9. The molecule has 0 heterocycles. The molecule has 6 heteroatoms. The molecule has 114 valence electrons. The van der Waals surface area contributed by atoms with E-state index in [1.54, 1.807) is 0 Å². The van der Waals surface area contributed by atoms with E-state index >= 15 is 0 Å². The van der Waals surface area contributed by atoms with Gasteiger partial charge in [-0.15, -0.1) is 0 Å². The normalized spacial score (nSPS) is 12.6. The largest absolute Gasteiger partial charge is 0.485 e. The predicted molar refractivity (Wildman–Crippen MR) is 82.7 cm³/mol. The van der Waals surface area contributed by atoms with E-state index in [4.69, 9.17) is 9.16 Å². The summed E-state index contributed by atoms with van der Waals surface area (Å²) in [6, 6.07) is 2.35. The van der Waals surface area contributed by atoms with E-state index in [-0.39, 0.29) is 17.4 Å². The van der Waals surface area contributed by atoms with Crippen molar-refractivity contribution >= 4 is 24.2 Å². The van der Waals surface area contributed by atoms with Gasteiger partial charge in [0.05, 0.1) is 6.61 Å². The van der Waals surface area contributed by atoms with Crippen LogP contribution in [-0.4, -0.2) is 21.5 Å². The van der Waals surface area contributed by atoms with Gasteiger partial charge in [-0.1, -0.05) is 36.7 Å². The molecule has 0 radical (unpaired) electrons. The van der Waals surface area contributed by atoms with Gasteiger partial charge in [0.15, 0.2) is 25.7 Å². The van der Waals surface area contributed by atoms with Gasteiger partial charge in [0.1, 0.15) is 6.61 Å². The van der Waals surface area contributed by atoms with Crippen molar-refractivity contribution in [2.75, 3.05) is 13.2 Å². The zero-order valence-corrected chi connectivity index (χ0v) is 15.1. The van der Waals surface area contributed by atoms with Crippen LogP contribution in [0.5, 0.6) is 5.75 Å². The third-order valence-electron chi connectivity index (χ3n) is 3.56. The molecule has 2 nitrogen and oxygen atoms in total. The maximum absolute atomic E-state index is 13.5. The monoisotopic (exact) mass is 366 g/mol. The third-order valence-corrected chi connectivity index (χ3v) is 8.56. The molecule has 0 spiro atoms. The lowest BCUT2D eigenvalue weighted by Crippen LogP contribution is -2.41. The minimum atomic E-state index is -1.85. The Morgan fingerprint density at radius 2 is 1.60 bits per heavy atom. The zero-order chi connectivity index (χ0) is 15.6. The predicted octanol–water partition coefficient (Wildman–Crippen LogP) is 5.13. The Balaban J connectivity index is 2.55. The summed E-state index contributed by atoms with van der Waals surface area (Å²) in [5.74, 6) is -1.79. The molecule has 0 aliphatic rings. The average molecular weight is 367 g/mol. The Morgan fingerprint density at radius 1 is 1.10 bits per heavy atom. The number of rotatable bonds is 5. The minimum absolute atomic E-state index is 0.0983. The number of hydrogen-bond donors (Lipinski definition) is 0. The zero-order valence-electron chi connectivity index (χ0n) is 12.5. The fourth-order valence-electron chi connectivity index (χ4n) is 1.32. The molecule has 0 amide bonds. The summed E-state index contributed by atoms with van der Waals surface area (Å²) in [4.78, 5) is 0. The highest BCUT2D eigenvalue weighted by molar-refractivity contribution is 9.10. The van der Waals surface area contributed by atoms with Gasteiger partial charge >= 0.3 is 0 Å². The van der Waals surface area contributed by atoms with E-state index in [2.05, 4.69) is 49.8 Å². The molecule has 0 fully saturated rings. The summed E-state index contributed by atoms with van der Waals surface area (Å²) in [5, 5.41) is 0.0983. The molecule has 0 aliphatic heterocycles. The van der Waals surface area contributed by atoms with Crippen LogP contribution in [0.1, 0.15) is 20.8 Å². The van der Waals surface area contributed by atoms with Gasteiger partial charge in [0, 0.05) is 4.47 Å². The van der Waals surface area contributed by atoms with Gasteiger partial charge in [0.25, 0.3) is 0 Å². The number of hydrogen-bond acceptors (Lipinski definition) is 2. The van der Waals surface area contributed by atoms with Gasteiger partial charge in [-0.3, -0.25) is 0 Å². The van der Waals surface area contributed by atoms with Crippen LogP contribution in [-0.2, 0) is 4.43 Å². The molecule has 0 unspecified atom stereocenters. The van der Waals surface area contributed by atoms with Crippen LogP contribution in [0.15, 0.2) is 16.6 Å². The van der Waals surface area contributed by atoms with Crippen molar-refractivity contribution in [3.8, 4) is 5.75 Å². The van der Waals surface area contributed by atoms with E-state index < -0.39 is 20.0 Å². The first-order valence-corrected chi connectivity index (χ1v) is 10.2. The molecule has 1 aromatic carbocycles. The molecule has 0 N–H and O–H groups in total. The third kappa shape index (κ3) is 4.53. The summed E-state index contributed by atoms with van der Waals surface area (Å²) in [6.07, 6.45) is 0. The van der Waals surface area contributed by atoms with Crippen LogP contribution in [0.3, 0.4) is 0 Å². The maximum atomic E-state index is 13.5. The van der Waals surface area contributed by atoms with Gasteiger partial charge in [-0.2, -0.15) is 0 Å². The van der Waals surface area contributed by atoms with E-state index in [9.17, 15) is 8.78 Å². The molecule has 0 saturated carbocycles. The first-order chi connectivity index (χ1) is 9.04. The van der Waals surface area contributed by atoms with Gasteiger partial charge < -0.3 is 9.16 Å². The van der Waals surface area contributed by atoms with Gasteiger partial charge in [0.2, 0.25) is 0 Å². The van der Waals surface area contributed by atoms with Crippen LogP contribution < -0.4 is 4.74 Å². The molecular formula is C14H21BrF2O2Si. The molecule has 0 bridgehead atoms. The van der Waals surface area contributed by atoms with E-state index in [0.29, 0.717) is 11.1 Å². The van der Waals surface area contributed by atoms with Crippen molar-refractivity contribution in [3.63, 3.8) is 0 Å². The molecule has 0 aromatic heterocycles. The highest BCUT2D eigenvalue weighted by Gasteiger charge is 2.36. The Bertz CT molecular complexity index is 450. The highest BCUT2D eigenvalue weighted by Crippen LogP contribution is 2.36. The van der Waals surface area contributed by atoms with Crippen LogP contribution in [0.25, 0.3) is 0 Å². The van der Waals surface area contributed by atoms with E-state index in [0.717, 1.165) is 0 Å². The summed E-state index contributed by atoms with van der Waals surface area (Å²) >= 11 is 3.02.